The molecule has 3 N–H and O–H groups in total. The van der Waals surface area contributed by atoms with Crippen LogP contribution in [0.25, 0.3) is 16.6 Å². The van der Waals surface area contributed by atoms with Gasteiger partial charge in [0.1, 0.15) is 11.6 Å². The third-order valence-electron chi connectivity index (χ3n) is 3.86. The summed E-state index contributed by atoms with van der Waals surface area (Å²) in [5.74, 6) is -1.19. The van der Waals surface area contributed by atoms with Crippen molar-refractivity contribution in [3.8, 4) is 5.75 Å². The van der Waals surface area contributed by atoms with E-state index in [1.54, 1.807) is 0 Å². The Balaban J connectivity index is 1.66. The fourth-order valence-electron chi connectivity index (χ4n) is 2.70. The third-order valence-corrected chi connectivity index (χ3v) is 3.86. The highest BCUT2D eigenvalue weighted by Gasteiger charge is 2.13. The highest BCUT2D eigenvalue weighted by Crippen LogP contribution is 2.22. The molecule has 0 bridgehead atoms. The van der Waals surface area contributed by atoms with Crippen molar-refractivity contribution in [2.75, 3.05) is 5.43 Å². The number of para-hydroxylation sites is 2. The van der Waals surface area contributed by atoms with Crippen LogP contribution in [0, 0.1) is 5.82 Å². The van der Waals surface area contributed by atoms with Crippen LogP contribution >= 0.6 is 0 Å². The molecule has 7 heteroatoms. The van der Waals surface area contributed by atoms with Gasteiger partial charge in [-0.1, -0.05) is 12.1 Å². The maximum Gasteiger partial charge on any atom is 0.273 e. The number of nitrogens with zero attached hydrogens (tertiary/aromatic N) is 2. The Kier molecular flexibility index (Phi) is 3.46. The highest BCUT2D eigenvalue weighted by molar-refractivity contribution is 5.97. The van der Waals surface area contributed by atoms with Crippen molar-refractivity contribution in [3.05, 3.63) is 72.2 Å². The van der Waals surface area contributed by atoms with Crippen LogP contribution in [0.3, 0.4) is 0 Å². The zero-order chi connectivity index (χ0) is 17.4. The number of benzene rings is 2. The second-order valence-corrected chi connectivity index (χ2v) is 5.45. The second-order valence-electron chi connectivity index (χ2n) is 5.45. The minimum absolute atomic E-state index is 0.0407. The molecule has 0 spiro atoms. The third kappa shape index (κ3) is 2.61. The fourth-order valence-corrected chi connectivity index (χ4v) is 2.70. The molecule has 2 aromatic heterocycles. The predicted octanol–water partition coefficient (Wildman–Crippen LogP) is 3.09. The lowest BCUT2D eigenvalue weighted by Crippen LogP contribution is -2.30. The Bertz CT molecular complexity index is 1110. The van der Waals surface area contributed by atoms with Crippen LogP contribution in [0.4, 0.5) is 10.2 Å². The lowest BCUT2D eigenvalue weighted by Gasteiger charge is -2.12. The van der Waals surface area contributed by atoms with E-state index in [9.17, 15) is 14.3 Å². The van der Waals surface area contributed by atoms with Gasteiger partial charge < -0.3 is 9.51 Å². The second kappa shape index (κ2) is 5.79. The molecular formula is C18H13FN4O2. The van der Waals surface area contributed by atoms with Crippen LogP contribution < -0.4 is 10.9 Å². The smallest absolute Gasteiger partial charge is 0.273 e. The molecule has 0 unspecified atom stereocenters. The molecule has 0 saturated carbocycles. The highest BCUT2D eigenvalue weighted by atomic mass is 19.1. The first-order valence-corrected chi connectivity index (χ1v) is 7.54. The number of hydrogen-bond acceptors (Lipinski definition) is 4. The summed E-state index contributed by atoms with van der Waals surface area (Å²) < 4.78 is 15.0. The number of carbonyl (C=O) groups excluding carboxylic acids is 1. The Morgan fingerprint density at radius 2 is 1.88 bits per heavy atom. The Morgan fingerprint density at radius 3 is 2.72 bits per heavy atom. The quantitative estimate of drug-likeness (QED) is 0.502. The van der Waals surface area contributed by atoms with E-state index >= 15 is 0 Å². The summed E-state index contributed by atoms with van der Waals surface area (Å²) in [4.78, 5) is 16.7. The van der Waals surface area contributed by atoms with Crippen LogP contribution in [-0.2, 0) is 0 Å². The van der Waals surface area contributed by atoms with Gasteiger partial charge in [-0.25, -0.2) is 9.37 Å². The summed E-state index contributed by atoms with van der Waals surface area (Å²) in [6.07, 6.45) is 1.90. The molecule has 6 nitrogen and oxygen atoms in total. The van der Waals surface area contributed by atoms with Gasteiger partial charge in [0.25, 0.3) is 5.91 Å². The van der Waals surface area contributed by atoms with E-state index in [0.717, 1.165) is 28.7 Å². The first-order chi connectivity index (χ1) is 12.1. The fraction of sp³-hybridized carbons (Fsp3) is 0. The van der Waals surface area contributed by atoms with Crippen molar-refractivity contribution in [1.29, 1.82) is 0 Å². The van der Waals surface area contributed by atoms with E-state index in [1.165, 1.54) is 6.07 Å². The van der Waals surface area contributed by atoms with Crippen LogP contribution in [-0.4, -0.2) is 20.4 Å². The Hall–Kier alpha value is -3.61. The molecule has 0 atom stereocenters. The number of phenolic OH excluding ortho intramolecular Hbond substituents is 1. The standard InChI is InChI=1S/C18H13FN4O2/c19-11-7-8-12(16(24)10-11)18(25)22-21-17-15-6-3-9-23(15)14-5-2-1-4-13(14)20-17/h1-10,24H,(H,20,21)(H,22,25). The van der Waals surface area contributed by atoms with Crippen molar-refractivity contribution in [1.82, 2.24) is 14.8 Å². The Labute approximate surface area is 141 Å². The maximum atomic E-state index is 13.0. The SMILES string of the molecule is O=C(NNc1nc2ccccc2n2cccc12)c1ccc(F)cc1O. The number of hydrogen-bond donors (Lipinski definition) is 3. The van der Waals surface area contributed by atoms with E-state index in [4.69, 9.17) is 0 Å². The molecule has 4 rings (SSSR count). The molecule has 0 fully saturated rings. The minimum Gasteiger partial charge on any atom is -0.507 e. The van der Waals surface area contributed by atoms with E-state index in [2.05, 4.69) is 15.8 Å². The molecule has 124 valence electrons. The maximum absolute atomic E-state index is 13.0. The van der Waals surface area contributed by atoms with Gasteiger partial charge in [-0.2, -0.15) is 0 Å². The van der Waals surface area contributed by atoms with Gasteiger partial charge in [-0.3, -0.25) is 15.6 Å². The summed E-state index contributed by atoms with van der Waals surface area (Å²) in [6, 6.07) is 14.6. The molecule has 25 heavy (non-hydrogen) atoms. The molecule has 0 aliphatic carbocycles. The van der Waals surface area contributed by atoms with E-state index in [1.807, 2.05) is 47.0 Å². The average molecular weight is 336 g/mol. The van der Waals surface area contributed by atoms with Gasteiger partial charge in [0.15, 0.2) is 5.82 Å². The summed E-state index contributed by atoms with van der Waals surface area (Å²) in [7, 11) is 0. The zero-order valence-corrected chi connectivity index (χ0v) is 12.9. The molecular weight excluding hydrogens is 323 g/mol. The molecule has 0 aliphatic heterocycles. The van der Waals surface area contributed by atoms with Crippen molar-refractivity contribution in [2.24, 2.45) is 0 Å². The number of halogens is 1. The first kappa shape index (κ1) is 14.9. The van der Waals surface area contributed by atoms with Crippen molar-refractivity contribution < 1.29 is 14.3 Å². The normalized spacial score (nSPS) is 10.9. The summed E-state index contributed by atoms with van der Waals surface area (Å²) >= 11 is 0. The number of hydrazine groups is 1. The van der Waals surface area contributed by atoms with Gasteiger partial charge in [-0.05, 0) is 36.4 Å². The first-order valence-electron chi connectivity index (χ1n) is 7.54. The van der Waals surface area contributed by atoms with Gasteiger partial charge in [-0.15, -0.1) is 0 Å². The number of fused-ring (bicyclic) bond motifs is 3. The number of anilines is 1. The number of aromatic hydroxyl groups is 1. The molecule has 4 aromatic rings. The monoisotopic (exact) mass is 336 g/mol. The molecule has 2 aromatic carbocycles. The van der Waals surface area contributed by atoms with Crippen LogP contribution in [0.2, 0.25) is 0 Å². The van der Waals surface area contributed by atoms with Crippen molar-refractivity contribution >= 4 is 28.3 Å². The number of amides is 1. The largest absolute Gasteiger partial charge is 0.507 e. The number of carbonyl (C=O) groups is 1. The molecule has 0 saturated heterocycles. The van der Waals surface area contributed by atoms with Gasteiger partial charge >= 0.3 is 0 Å². The predicted molar refractivity (Wildman–Crippen MR) is 91.9 cm³/mol. The summed E-state index contributed by atoms with van der Waals surface area (Å²) in [5, 5.41) is 9.69. The average Bonchev–Trinajstić information content (AvgIpc) is 3.09. The molecule has 0 aliphatic rings. The summed E-state index contributed by atoms with van der Waals surface area (Å²) in [6.45, 7) is 0. The van der Waals surface area contributed by atoms with Crippen molar-refractivity contribution in [2.45, 2.75) is 0 Å². The van der Waals surface area contributed by atoms with Gasteiger partial charge in [0.05, 0.1) is 22.1 Å². The van der Waals surface area contributed by atoms with Crippen LogP contribution in [0.5, 0.6) is 5.75 Å². The Morgan fingerprint density at radius 1 is 1.08 bits per heavy atom. The van der Waals surface area contributed by atoms with E-state index in [-0.39, 0.29) is 5.56 Å². The van der Waals surface area contributed by atoms with Crippen LogP contribution in [0.15, 0.2) is 60.8 Å². The number of nitrogens with one attached hydrogen (secondary N) is 2. The topological polar surface area (TPSA) is 78.7 Å². The molecule has 0 radical (unpaired) electrons. The molecule has 2 heterocycles. The lowest BCUT2D eigenvalue weighted by atomic mass is 10.2. The minimum atomic E-state index is -0.618. The van der Waals surface area contributed by atoms with E-state index in [0.29, 0.717) is 5.82 Å². The van der Waals surface area contributed by atoms with Crippen molar-refractivity contribution in [3.63, 3.8) is 0 Å². The van der Waals surface area contributed by atoms with Gasteiger partial charge in [0, 0.05) is 12.3 Å². The van der Waals surface area contributed by atoms with Gasteiger partial charge in [0.2, 0.25) is 0 Å². The zero-order valence-electron chi connectivity index (χ0n) is 12.9. The van der Waals surface area contributed by atoms with E-state index < -0.39 is 17.5 Å². The number of phenols is 1. The van der Waals surface area contributed by atoms with Crippen LogP contribution in [0.1, 0.15) is 10.4 Å². The number of rotatable bonds is 3. The number of aromatic nitrogens is 2. The molecule has 1 amide bonds. The lowest BCUT2D eigenvalue weighted by molar-refractivity contribution is 0.0960. The summed E-state index contributed by atoms with van der Waals surface area (Å²) in [5.41, 5.74) is 7.68.